The van der Waals surface area contributed by atoms with Crippen LogP contribution in [0.5, 0.6) is 0 Å². The number of pyridine rings is 1. The minimum atomic E-state index is -0.496. The van der Waals surface area contributed by atoms with Crippen LogP contribution in [0.1, 0.15) is 0 Å². The van der Waals surface area contributed by atoms with Crippen molar-refractivity contribution in [2.75, 3.05) is 52.5 Å². The molecule has 1 aliphatic heterocycles. The van der Waals surface area contributed by atoms with Gasteiger partial charge in [-0.25, -0.2) is 14.8 Å². The van der Waals surface area contributed by atoms with Crippen LogP contribution in [0.3, 0.4) is 0 Å². The van der Waals surface area contributed by atoms with E-state index in [0.29, 0.717) is 42.2 Å². The van der Waals surface area contributed by atoms with Crippen molar-refractivity contribution in [2.45, 2.75) is 0 Å². The Morgan fingerprint density at radius 3 is 2.50 bits per heavy atom. The van der Waals surface area contributed by atoms with Gasteiger partial charge in [0.05, 0.1) is 25.1 Å². The lowest BCUT2D eigenvalue weighted by molar-refractivity contribution is -0.111. The Morgan fingerprint density at radius 1 is 0.971 bits per heavy atom. The maximum atomic E-state index is 12.4. The Kier molecular flexibility index (Phi) is 7.25. The van der Waals surface area contributed by atoms with E-state index in [1.807, 2.05) is 12.1 Å². The second kappa shape index (κ2) is 10.9. The number of morpholine rings is 1. The number of amides is 3. The van der Waals surface area contributed by atoms with Gasteiger partial charge in [0.25, 0.3) is 0 Å². The van der Waals surface area contributed by atoms with Gasteiger partial charge >= 0.3 is 6.03 Å². The number of aromatic nitrogens is 3. The molecule has 0 atom stereocenters. The molecular formula is C23H24N8O3. The molecule has 2 aromatic heterocycles. The van der Waals surface area contributed by atoms with Crippen molar-refractivity contribution in [3.63, 3.8) is 0 Å². The highest BCUT2D eigenvalue weighted by Crippen LogP contribution is 2.19. The topological polar surface area (TPSA) is 133 Å². The fourth-order valence-electron chi connectivity index (χ4n) is 3.22. The molecule has 1 aliphatic rings. The van der Waals surface area contributed by atoms with Crippen LogP contribution in [0.25, 0.3) is 0 Å². The van der Waals surface area contributed by atoms with Crippen molar-refractivity contribution >= 4 is 46.6 Å². The lowest BCUT2D eigenvalue weighted by atomic mass is 10.2. The maximum Gasteiger partial charge on any atom is 0.324 e. The molecule has 0 bridgehead atoms. The van der Waals surface area contributed by atoms with Gasteiger partial charge in [0.1, 0.15) is 11.6 Å². The average molecular weight is 460 g/mol. The van der Waals surface area contributed by atoms with Gasteiger partial charge in [0.15, 0.2) is 0 Å². The van der Waals surface area contributed by atoms with Crippen LogP contribution in [0.4, 0.5) is 39.4 Å². The number of rotatable bonds is 7. The van der Waals surface area contributed by atoms with Crippen LogP contribution in [0.2, 0.25) is 0 Å². The average Bonchev–Trinajstić information content (AvgIpc) is 2.85. The Bertz CT molecular complexity index is 1160. The van der Waals surface area contributed by atoms with Gasteiger partial charge in [-0.2, -0.15) is 4.98 Å². The van der Waals surface area contributed by atoms with E-state index in [0.717, 1.165) is 18.8 Å². The standard InChI is InChI=1S/C23H24N8O3/c1-2-21(32)26-16-4-3-5-17(14-16)27-23(33)30-20-8-9-24-22(29-20)28-19-7-6-18(15-25-19)31-10-12-34-13-11-31/h2-9,14-15H,1,10-13H2,(H,26,32)(H3,24,25,27,28,29,30,33). The van der Waals surface area contributed by atoms with Gasteiger partial charge in [-0.3, -0.25) is 10.1 Å². The zero-order chi connectivity index (χ0) is 23.8. The molecule has 11 heteroatoms. The summed E-state index contributed by atoms with van der Waals surface area (Å²) in [6, 6.07) is 11.6. The summed E-state index contributed by atoms with van der Waals surface area (Å²) in [6.07, 6.45) is 4.48. The van der Waals surface area contributed by atoms with Crippen LogP contribution in [0, 0.1) is 0 Å². The van der Waals surface area contributed by atoms with Gasteiger partial charge in [0, 0.05) is 30.7 Å². The Hall–Kier alpha value is -4.51. The molecule has 34 heavy (non-hydrogen) atoms. The van der Waals surface area contributed by atoms with Gasteiger partial charge in [-0.05, 0) is 42.5 Å². The summed E-state index contributed by atoms with van der Waals surface area (Å²) in [5, 5.41) is 11.0. The molecule has 0 unspecified atom stereocenters. The first-order valence-electron chi connectivity index (χ1n) is 10.6. The van der Waals surface area contributed by atoms with Crippen molar-refractivity contribution in [2.24, 2.45) is 0 Å². The maximum absolute atomic E-state index is 12.4. The van der Waals surface area contributed by atoms with Gasteiger partial charge in [-0.15, -0.1) is 0 Å². The zero-order valence-electron chi connectivity index (χ0n) is 18.3. The van der Waals surface area contributed by atoms with Crippen LogP contribution < -0.4 is 26.2 Å². The van der Waals surface area contributed by atoms with E-state index in [4.69, 9.17) is 4.74 Å². The van der Waals surface area contributed by atoms with Crippen molar-refractivity contribution in [3.05, 3.63) is 67.5 Å². The van der Waals surface area contributed by atoms with Crippen molar-refractivity contribution < 1.29 is 14.3 Å². The Balaban J connectivity index is 1.34. The molecule has 3 aromatic rings. The minimum Gasteiger partial charge on any atom is -0.378 e. The first-order chi connectivity index (χ1) is 16.6. The Morgan fingerprint density at radius 2 is 1.76 bits per heavy atom. The number of benzene rings is 1. The number of hydrogen-bond acceptors (Lipinski definition) is 8. The Labute approximate surface area is 196 Å². The molecule has 4 rings (SSSR count). The first kappa shape index (κ1) is 22.7. The van der Waals surface area contributed by atoms with Crippen molar-refractivity contribution in [3.8, 4) is 0 Å². The summed E-state index contributed by atoms with van der Waals surface area (Å²) in [4.78, 5) is 39.0. The fourth-order valence-corrected chi connectivity index (χ4v) is 3.22. The van der Waals surface area contributed by atoms with E-state index in [-0.39, 0.29) is 5.91 Å². The number of carbonyl (C=O) groups excluding carboxylic acids is 2. The second-order valence-electron chi connectivity index (χ2n) is 7.24. The number of anilines is 6. The second-order valence-corrected chi connectivity index (χ2v) is 7.24. The number of ether oxygens (including phenoxy) is 1. The number of nitrogens with one attached hydrogen (secondary N) is 4. The normalized spacial score (nSPS) is 13.0. The molecule has 1 fully saturated rings. The number of nitrogens with zero attached hydrogens (tertiary/aromatic N) is 4. The van der Waals surface area contributed by atoms with Crippen LogP contribution in [-0.4, -0.2) is 53.2 Å². The van der Waals surface area contributed by atoms with Crippen molar-refractivity contribution in [1.29, 1.82) is 0 Å². The summed E-state index contributed by atoms with van der Waals surface area (Å²) in [7, 11) is 0. The van der Waals surface area contributed by atoms with Crippen LogP contribution in [-0.2, 0) is 9.53 Å². The molecule has 174 valence electrons. The zero-order valence-corrected chi connectivity index (χ0v) is 18.3. The molecule has 3 heterocycles. The summed E-state index contributed by atoms with van der Waals surface area (Å²) >= 11 is 0. The molecule has 4 N–H and O–H groups in total. The lowest BCUT2D eigenvalue weighted by Gasteiger charge is -2.28. The molecular weight excluding hydrogens is 436 g/mol. The predicted molar refractivity (Wildman–Crippen MR) is 130 cm³/mol. The van der Waals surface area contributed by atoms with Gasteiger partial charge < -0.3 is 25.6 Å². The largest absolute Gasteiger partial charge is 0.378 e. The van der Waals surface area contributed by atoms with Crippen LogP contribution >= 0.6 is 0 Å². The fraction of sp³-hybridized carbons (Fsp3) is 0.174. The molecule has 11 nitrogen and oxygen atoms in total. The monoisotopic (exact) mass is 460 g/mol. The molecule has 1 aromatic carbocycles. The third-order valence-corrected chi connectivity index (χ3v) is 4.83. The van der Waals surface area contributed by atoms with E-state index in [1.54, 1.807) is 36.5 Å². The molecule has 0 radical (unpaired) electrons. The summed E-state index contributed by atoms with van der Waals surface area (Å²) in [5.41, 5.74) is 2.05. The molecule has 0 saturated carbocycles. The van der Waals surface area contributed by atoms with E-state index < -0.39 is 6.03 Å². The summed E-state index contributed by atoms with van der Waals surface area (Å²) < 4.78 is 5.38. The molecule has 3 amide bonds. The number of hydrogen-bond donors (Lipinski definition) is 4. The molecule has 0 aliphatic carbocycles. The van der Waals surface area contributed by atoms with Crippen LogP contribution in [0.15, 0.2) is 67.5 Å². The lowest BCUT2D eigenvalue weighted by Crippen LogP contribution is -2.36. The third-order valence-electron chi connectivity index (χ3n) is 4.83. The van der Waals surface area contributed by atoms with Gasteiger partial charge in [0.2, 0.25) is 11.9 Å². The van der Waals surface area contributed by atoms with E-state index >= 15 is 0 Å². The highest BCUT2D eigenvalue weighted by atomic mass is 16.5. The highest BCUT2D eigenvalue weighted by molar-refractivity contribution is 6.01. The number of urea groups is 1. The minimum absolute atomic E-state index is 0.290. The first-order valence-corrected chi connectivity index (χ1v) is 10.6. The summed E-state index contributed by atoms with van der Waals surface area (Å²) in [5.74, 6) is 0.833. The molecule has 0 spiro atoms. The van der Waals surface area contributed by atoms with E-state index in [1.165, 1.54) is 12.3 Å². The highest BCUT2D eigenvalue weighted by Gasteiger charge is 2.12. The van der Waals surface area contributed by atoms with Gasteiger partial charge in [-0.1, -0.05) is 12.6 Å². The smallest absolute Gasteiger partial charge is 0.324 e. The van der Waals surface area contributed by atoms with E-state index in [2.05, 4.69) is 47.7 Å². The quantitative estimate of drug-likeness (QED) is 0.395. The molecule has 1 saturated heterocycles. The SMILES string of the molecule is C=CC(=O)Nc1cccc(NC(=O)Nc2ccnc(Nc3ccc(N4CCOCC4)cn3)n2)c1. The summed E-state index contributed by atoms with van der Waals surface area (Å²) in [6.45, 7) is 6.49. The van der Waals surface area contributed by atoms with E-state index in [9.17, 15) is 9.59 Å². The third kappa shape index (κ3) is 6.26. The predicted octanol–water partition coefficient (Wildman–Crippen LogP) is 3.22. The number of carbonyl (C=O) groups is 2. The van der Waals surface area contributed by atoms with Crippen molar-refractivity contribution in [1.82, 2.24) is 15.0 Å².